The number of aromatic nitrogens is 5. The van der Waals surface area contributed by atoms with Gasteiger partial charge in [0.2, 0.25) is 11.1 Å². The molecular formula is C13H18N6OS. The number of carbonyl (C=O) groups is 1. The van der Waals surface area contributed by atoms with E-state index in [1.165, 1.54) is 24.6 Å². The second kappa shape index (κ2) is 6.30. The van der Waals surface area contributed by atoms with Crippen LogP contribution >= 0.6 is 11.8 Å². The molecule has 0 radical (unpaired) electrons. The number of hydrogen-bond donors (Lipinski definition) is 2. The molecule has 0 aromatic carbocycles. The summed E-state index contributed by atoms with van der Waals surface area (Å²) in [7, 11) is 0. The molecule has 1 amide bonds. The zero-order valence-electron chi connectivity index (χ0n) is 11.9. The molecule has 2 aromatic heterocycles. The highest BCUT2D eigenvalue weighted by Gasteiger charge is 2.20. The summed E-state index contributed by atoms with van der Waals surface area (Å²) in [4.78, 5) is 16.2. The Morgan fingerprint density at radius 3 is 3.05 bits per heavy atom. The van der Waals surface area contributed by atoms with Crippen LogP contribution in [0.1, 0.15) is 37.5 Å². The number of nitrogens with zero attached hydrogens (tertiary/aromatic N) is 4. The number of nitrogens with one attached hydrogen (secondary N) is 2. The molecule has 8 heteroatoms. The molecule has 7 nitrogen and oxygen atoms in total. The minimum atomic E-state index is -0.0674. The van der Waals surface area contributed by atoms with Crippen molar-refractivity contribution in [1.29, 1.82) is 0 Å². The number of carbonyl (C=O) groups excluding carboxylic acids is 1. The lowest BCUT2D eigenvalue weighted by Crippen LogP contribution is -2.19. The van der Waals surface area contributed by atoms with Gasteiger partial charge in [-0.1, -0.05) is 24.6 Å². The van der Waals surface area contributed by atoms with Crippen LogP contribution in [-0.2, 0) is 4.79 Å². The maximum atomic E-state index is 12.0. The van der Waals surface area contributed by atoms with Gasteiger partial charge in [0, 0.05) is 6.07 Å². The molecule has 2 heterocycles. The lowest BCUT2D eigenvalue weighted by atomic mass is 10.2. The summed E-state index contributed by atoms with van der Waals surface area (Å²) in [5.74, 6) is 1.74. The number of thioether (sulfide) groups is 1. The van der Waals surface area contributed by atoms with Gasteiger partial charge in [0.15, 0.2) is 0 Å². The summed E-state index contributed by atoms with van der Waals surface area (Å²) in [6.45, 7) is 1.83. The summed E-state index contributed by atoms with van der Waals surface area (Å²) in [6.07, 6.45) is 6.47. The third kappa shape index (κ3) is 3.44. The van der Waals surface area contributed by atoms with Crippen molar-refractivity contribution in [3.05, 3.63) is 18.1 Å². The molecule has 3 rings (SSSR count). The zero-order valence-corrected chi connectivity index (χ0v) is 12.7. The lowest BCUT2D eigenvalue weighted by Gasteiger charge is -2.14. The van der Waals surface area contributed by atoms with Crippen LogP contribution in [0, 0.1) is 6.92 Å². The minimum Gasteiger partial charge on any atom is -0.310 e. The number of H-pyrrole nitrogens is 1. The van der Waals surface area contributed by atoms with E-state index in [0.29, 0.717) is 11.2 Å². The maximum Gasteiger partial charge on any atom is 0.235 e. The molecule has 1 saturated carbocycles. The van der Waals surface area contributed by atoms with Crippen molar-refractivity contribution in [3.63, 3.8) is 0 Å². The molecule has 1 aliphatic rings. The number of aromatic amines is 1. The Labute approximate surface area is 126 Å². The van der Waals surface area contributed by atoms with E-state index in [1.54, 1.807) is 6.20 Å². The molecule has 1 fully saturated rings. The Morgan fingerprint density at radius 2 is 2.33 bits per heavy atom. The number of aryl methyl sites for hydroxylation is 1. The van der Waals surface area contributed by atoms with Gasteiger partial charge in [-0.3, -0.25) is 9.89 Å². The van der Waals surface area contributed by atoms with E-state index in [-0.39, 0.29) is 11.7 Å². The lowest BCUT2D eigenvalue weighted by molar-refractivity contribution is -0.113. The van der Waals surface area contributed by atoms with Crippen molar-refractivity contribution in [2.45, 2.75) is 43.8 Å². The van der Waals surface area contributed by atoms with Crippen LogP contribution < -0.4 is 5.32 Å². The third-order valence-electron chi connectivity index (χ3n) is 3.52. The summed E-state index contributed by atoms with van der Waals surface area (Å²) in [5.41, 5.74) is 0. The molecule has 21 heavy (non-hydrogen) atoms. The van der Waals surface area contributed by atoms with Crippen LogP contribution in [0.15, 0.2) is 17.4 Å². The van der Waals surface area contributed by atoms with E-state index >= 15 is 0 Å². The summed E-state index contributed by atoms with van der Waals surface area (Å²) >= 11 is 1.31. The Hall–Kier alpha value is -1.83. The molecular weight excluding hydrogens is 288 g/mol. The Morgan fingerprint density at radius 1 is 1.52 bits per heavy atom. The van der Waals surface area contributed by atoms with Crippen LogP contribution in [-0.4, -0.2) is 36.6 Å². The van der Waals surface area contributed by atoms with E-state index in [1.807, 2.05) is 17.7 Å². The van der Waals surface area contributed by atoms with Gasteiger partial charge >= 0.3 is 0 Å². The van der Waals surface area contributed by atoms with Gasteiger partial charge in [-0.15, -0.1) is 5.10 Å². The van der Waals surface area contributed by atoms with E-state index in [0.717, 1.165) is 24.5 Å². The molecule has 0 atom stereocenters. The molecule has 2 aromatic rings. The van der Waals surface area contributed by atoms with Crippen molar-refractivity contribution in [1.82, 2.24) is 25.0 Å². The van der Waals surface area contributed by atoms with Crippen LogP contribution in [0.5, 0.6) is 0 Å². The second-order valence-corrected chi connectivity index (χ2v) is 6.08. The van der Waals surface area contributed by atoms with E-state index in [2.05, 4.69) is 25.6 Å². The Balaban J connectivity index is 1.56. The number of anilines is 1. The smallest absolute Gasteiger partial charge is 0.235 e. The SMILES string of the molecule is Cc1nc(SCC(=O)Nc2ccnn2C2CCCC2)n[nH]1. The standard InChI is InChI=1S/C13H18N6OS/c1-9-15-13(18-17-9)21-8-12(20)16-11-6-7-14-19(11)10-4-2-3-5-10/h6-7,10H,2-5,8H2,1H3,(H,16,20)(H,15,17,18). The normalized spacial score (nSPS) is 15.5. The van der Waals surface area contributed by atoms with Gasteiger partial charge < -0.3 is 5.32 Å². The van der Waals surface area contributed by atoms with Gasteiger partial charge in [0.1, 0.15) is 11.6 Å². The highest BCUT2D eigenvalue weighted by Crippen LogP contribution is 2.31. The average Bonchev–Trinajstić information content (AvgIpc) is 3.16. The first-order valence-corrected chi connectivity index (χ1v) is 8.06. The molecule has 1 aliphatic carbocycles. The van der Waals surface area contributed by atoms with Crippen molar-refractivity contribution >= 4 is 23.5 Å². The average molecular weight is 306 g/mol. The summed E-state index contributed by atoms with van der Waals surface area (Å²) < 4.78 is 1.94. The fourth-order valence-corrected chi connectivity index (χ4v) is 3.19. The Bertz CT molecular complexity index is 616. The quantitative estimate of drug-likeness (QED) is 0.826. The fraction of sp³-hybridized carbons (Fsp3) is 0.538. The van der Waals surface area contributed by atoms with Crippen LogP contribution in [0.4, 0.5) is 5.82 Å². The molecule has 0 saturated heterocycles. The van der Waals surface area contributed by atoms with Gasteiger partial charge in [-0.2, -0.15) is 5.10 Å². The second-order valence-electron chi connectivity index (χ2n) is 5.14. The van der Waals surface area contributed by atoms with Gasteiger partial charge in [-0.25, -0.2) is 9.67 Å². The first-order chi connectivity index (χ1) is 10.2. The van der Waals surface area contributed by atoms with Crippen molar-refractivity contribution in [2.24, 2.45) is 0 Å². The zero-order chi connectivity index (χ0) is 14.7. The molecule has 0 bridgehead atoms. The first kappa shape index (κ1) is 14.1. The van der Waals surface area contributed by atoms with Gasteiger partial charge in [0.25, 0.3) is 0 Å². The highest BCUT2D eigenvalue weighted by molar-refractivity contribution is 7.99. The Kier molecular flexibility index (Phi) is 4.23. The number of rotatable bonds is 5. The highest BCUT2D eigenvalue weighted by atomic mass is 32.2. The van der Waals surface area contributed by atoms with Crippen molar-refractivity contribution in [2.75, 3.05) is 11.1 Å². The minimum absolute atomic E-state index is 0.0674. The monoisotopic (exact) mass is 306 g/mol. The number of amides is 1. The van der Waals surface area contributed by atoms with Crippen LogP contribution in [0.3, 0.4) is 0 Å². The largest absolute Gasteiger partial charge is 0.310 e. The van der Waals surface area contributed by atoms with Crippen molar-refractivity contribution < 1.29 is 4.79 Å². The van der Waals surface area contributed by atoms with E-state index in [4.69, 9.17) is 0 Å². The van der Waals surface area contributed by atoms with E-state index < -0.39 is 0 Å². The van der Waals surface area contributed by atoms with Crippen LogP contribution in [0.25, 0.3) is 0 Å². The van der Waals surface area contributed by atoms with Crippen LogP contribution in [0.2, 0.25) is 0 Å². The van der Waals surface area contributed by atoms with Crippen molar-refractivity contribution in [3.8, 4) is 0 Å². The predicted molar refractivity (Wildman–Crippen MR) is 80.2 cm³/mol. The predicted octanol–water partition coefficient (Wildman–Crippen LogP) is 2.16. The third-order valence-corrected chi connectivity index (χ3v) is 4.36. The topological polar surface area (TPSA) is 88.5 Å². The summed E-state index contributed by atoms with van der Waals surface area (Å²) in [5, 5.41) is 14.6. The molecule has 2 N–H and O–H groups in total. The summed E-state index contributed by atoms with van der Waals surface area (Å²) in [6, 6.07) is 2.26. The molecule has 112 valence electrons. The molecule has 0 aliphatic heterocycles. The van der Waals surface area contributed by atoms with Gasteiger partial charge in [-0.05, 0) is 19.8 Å². The number of hydrogen-bond acceptors (Lipinski definition) is 5. The van der Waals surface area contributed by atoms with Gasteiger partial charge in [0.05, 0.1) is 18.0 Å². The first-order valence-electron chi connectivity index (χ1n) is 7.07. The maximum absolute atomic E-state index is 12.0. The van der Waals surface area contributed by atoms with E-state index in [9.17, 15) is 4.79 Å². The fourth-order valence-electron chi connectivity index (χ4n) is 2.55. The molecule has 0 unspecified atom stereocenters. The molecule has 0 spiro atoms.